The standard InChI is InChI=1S/C18H23F2N3O5S3/c1-29-4-3-15(24)16(25)13(7-10-5-11(19)8-12(20)6-10)21-17(26)14-9-30-18(22-14)23-31(2,27)28/h5-6,8-9,13,15-16,24-25H,3-4,7H2,1-2H3,(H,21,26)(H,22,23). The lowest BCUT2D eigenvalue weighted by atomic mass is 9.96. The molecule has 8 nitrogen and oxygen atoms in total. The van der Waals surface area contributed by atoms with Crippen LogP contribution in [0.1, 0.15) is 22.5 Å². The van der Waals surface area contributed by atoms with Crippen LogP contribution >= 0.6 is 23.1 Å². The van der Waals surface area contributed by atoms with Crippen LogP contribution in [-0.4, -0.2) is 66.0 Å². The molecule has 0 aliphatic carbocycles. The number of thiazole rings is 1. The van der Waals surface area contributed by atoms with Gasteiger partial charge in [-0.3, -0.25) is 9.52 Å². The first kappa shape index (κ1) is 25.5. The SMILES string of the molecule is CSCCC(O)C(O)C(Cc1cc(F)cc(F)c1)NC(=O)c1csc(NS(C)(=O)=O)n1. The number of nitrogens with one attached hydrogen (secondary N) is 2. The van der Waals surface area contributed by atoms with Crippen molar-refractivity contribution in [3.8, 4) is 0 Å². The van der Waals surface area contributed by atoms with Gasteiger partial charge in [0.25, 0.3) is 5.91 Å². The topological polar surface area (TPSA) is 129 Å². The Bertz CT molecular complexity index is 983. The predicted molar refractivity (Wildman–Crippen MR) is 117 cm³/mol. The molecule has 4 N–H and O–H groups in total. The van der Waals surface area contributed by atoms with Gasteiger partial charge in [-0.2, -0.15) is 11.8 Å². The van der Waals surface area contributed by atoms with Crippen LogP contribution in [0.5, 0.6) is 0 Å². The molecule has 0 saturated carbocycles. The molecule has 13 heteroatoms. The lowest BCUT2D eigenvalue weighted by Gasteiger charge is -2.27. The molecular formula is C18H23F2N3O5S3. The van der Waals surface area contributed by atoms with Crippen molar-refractivity contribution in [2.45, 2.75) is 31.1 Å². The third kappa shape index (κ3) is 8.33. The number of carbonyl (C=O) groups is 1. The quantitative estimate of drug-likeness (QED) is 0.373. The summed E-state index contributed by atoms with van der Waals surface area (Å²) in [6, 6.07) is 1.76. The Labute approximate surface area is 187 Å². The highest BCUT2D eigenvalue weighted by Gasteiger charge is 2.29. The van der Waals surface area contributed by atoms with Crippen LogP contribution in [0.15, 0.2) is 23.6 Å². The minimum atomic E-state index is -3.57. The Hall–Kier alpha value is -1.80. The van der Waals surface area contributed by atoms with Gasteiger partial charge >= 0.3 is 0 Å². The number of hydrogen-bond acceptors (Lipinski definition) is 8. The fourth-order valence-electron chi connectivity index (χ4n) is 2.74. The first-order valence-corrected chi connectivity index (χ1v) is 13.2. The minimum Gasteiger partial charge on any atom is -0.390 e. The van der Waals surface area contributed by atoms with Gasteiger partial charge in [-0.15, -0.1) is 11.3 Å². The Morgan fingerprint density at radius 2 is 1.90 bits per heavy atom. The van der Waals surface area contributed by atoms with Crippen LogP contribution in [0.2, 0.25) is 0 Å². The van der Waals surface area contributed by atoms with E-state index in [0.29, 0.717) is 11.8 Å². The lowest BCUT2D eigenvalue weighted by molar-refractivity contribution is -0.00411. The molecule has 0 bridgehead atoms. The summed E-state index contributed by atoms with van der Waals surface area (Å²) in [7, 11) is -3.57. The fourth-order valence-corrected chi connectivity index (χ4v) is 4.76. The summed E-state index contributed by atoms with van der Waals surface area (Å²) < 4.78 is 51.9. The third-order valence-electron chi connectivity index (χ3n) is 4.13. The molecule has 1 aromatic carbocycles. The van der Waals surface area contributed by atoms with E-state index in [1.54, 1.807) is 0 Å². The van der Waals surface area contributed by atoms with E-state index in [-0.39, 0.29) is 29.2 Å². The maximum Gasteiger partial charge on any atom is 0.271 e. The fraction of sp³-hybridized carbons (Fsp3) is 0.444. The van der Waals surface area contributed by atoms with E-state index >= 15 is 0 Å². The molecule has 1 heterocycles. The van der Waals surface area contributed by atoms with Crippen molar-refractivity contribution in [3.63, 3.8) is 0 Å². The van der Waals surface area contributed by atoms with E-state index in [1.165, 1.54) is 17.1 Å². The number of carbonyl (C=O) groups excluding carboxylic acids is 1. The van der Waals surface area contributed by atoms with Crippen LogP contribution in [0, 0.1) is 11.6 Å². The number of thioether (sulfide) groups is 1. The van der Waals surface area contributed by atoms with Crippen LogP contribution in [0.3, 0.4) is 0 Å². The zero-order chi connectivity index (χ0) is 23.2. The molecule has 31 heavy (non-hydrogen) atoms. The number of aliphatic hydroxyl groups is 2. The Morgan fingerprint density at radius 1 is 1.26 bits per heavy atom. The van der Waals surface area contributed by atoms with E-state index in [0.717, 1.165) is 29.7 Å². The summed E-state index contributed by atoms with van der Waals surface area (Å²) in [5.41, 5.74) is 0.0639. The summed E-state index contributed by atoms with van der Waals surface area (Å²) in [5.74, 6) is -1.81. The number of amides is 1. The van der Waals surface area contributed by atoms with Crippen molar-refractivity contribution in [1.82, 2.24) is 10.3 Å². The summed E-state index contributed by atoms with van der Waals surface area (Å²) in [6.07, 6.45) is 0.248. The minimum absolute atomic E-state index is 0.0167. The summed E-state index contributed by atoms with van der Waals surface area (Å²) >= 11 is 2.35. The number of benzene rings is 1. The molecule has 3 atom stereocenters. The number of sulfonamides is 1. The number of aliphatic hydroxyl groups excluding tert-OH is 2. The largest absolute Gasteiger partial charge is 0.390 e. The maximum absolute atomic E-state index is 13.6. The number of aromatic nitrogens is 1. The predicted octanol–water partition coefficient (Wildman–Crippen LogP) is 1.61. The average Bonchev–Trinajstić information content (AvgIpc) is 3.10. The molecule has 172 valence electrons. The molecule has 0 radical (unpaired) electrons. The highest BCUT2D eigenvalue weighted by molar-refractivity contribution is 7.98. The zero-order valence-corrected chi connectivity index (χ0v) is 19.2. The number of hydrogen-bond donors (Lipinski definition) is 4. The summed E-state index contributed by atoms with van der Waals surface area (Å²) in [4.78, 5) is 16.5. The van der Waals surface area contributed by atoms with Crippen LogP contribution in [-0.2, 0) is 16.4 Å². The van der Waals surface area contributed by atoms with Crippen molar-refractivity contribution in [1.29, 1.82) is 0 Å². The second-order valence-electron chi connectivity index (χ2n) is 6.81. The van der Waals surface area contributed by atoms with Crippen molar-refractivity contribution < 1.29 is 32.2 Å². The molecule has 1 amide bonds. The normalized spacial score (nSPS) is 14.6. The molecule has 0 fully saturated rings. The molecular weight excluding hydrogens is 472 g/mol. The third-order valence-corrected chi connectivity index (χ3v) is 6.22. The van der Waals surface area contributed by atoms with Crippen molar-refractivity contribution in [2.75, 3.05) is 23.0 Å². The van der Waals surface area contributed by atoms with E-state index in [4.69, 9.17) is 0 Å². The average molecular weight is 496 g/mol. The molecule has 3 unspecified atom stereocenters. The van der Waals surface area contributed by atoms with Gasteiger partial charge in [0.1, 0.15) is 23.4 Å². The Morgan fingerprint density at radius 3 is 2.48 bits per heavy atom. The molecule has 1 aromatic heterocycles. The molecule has 0 spiro atoms. The smallest absolute Gasteiger partial charge is 0.271 e. The summed E-state index contributed by atoms with van der Waals surface area (Å²) in [6.45, 7) is 0. The summed E-state index contributed by atoms with van der Waals surface area (Å²) in [5, 5.41) is 24.7. The maximum atomic E-state index is 13.6. The zero-order valence-electron chi connectivity index (χ0n) is 16.7. The number of rotatable bonds is 11. The number of halogens is 2. The van der Waals surface area contributed by atoms with Crippen LogP contribution in [0.4, 0.5) is 13.9 Å². The van der Waals surface area contributed by atoms with Gasteiger partial charge in [-0.25, -0.2) is 22.2 Å². The van der Waals surface area contributed by atoms with Crippen LogP contribution < -0.4 is 10.0 Å². The molecule has 0 saturated heterocycles. The first-order chi connectivity index (χ1) is 14.5. The number of anilines is 1. The molecule has 0 aliphatic heterocycles. The monoisotopic (exact) mass is 495 g/mol. The highest BCUT2D eigenvalue weighted by atomic mass is 32.2. The Kier molecular flexibility index (Phi) is 9.18. The van der Waals surface area contributed by atoms with Crippen molar-refractivity contribution in [2.24, 2.45) is 0 Å². The first-order valence-electron chi connectivity index (χ1n) is 9.02. The van der Waals surface area contributed by atoms with Gasteiger partial charge in [-0.05, 0) is 42.5 Å². The molecule has 2 aromatic rings. The van der Waals surface area contributed by atoms with Crippen molar-refractivity contribution in [3.05, 3.63) is 46.5 Å². The Balaban J connectivity index is 2.21. The van der Waals surface area contributed by atoms with E-state index in [9.17, 15) is 32.2 Å². The van der Waals surface area contributed by atoms with Gasteiger partial charge in [0, 0.05) is 11.4 Å². The second kappa shape index (κ2) is 11.2. The van der Waals surface area contributed by atoms with Gasteiger partial charge in [0.2, 0.25) is 10.0 Å². The van der Waals surface area contributed by atoms with Gasteiger partial charge < -0.3 is 15.5 Å². The van der Waals surface area contributed by atoms with Gasteiger partial charge in [-0.1, -0.05) is 0 Å². The van der Waals surface area contributed by atoms with Crippen LogP contribution in [0.25, 0.3) is 0 Å². The van der Waals surface area contributed by atoms with Crippen molar-refractivity contribution >= 4 is 44.2 Å². The van der Waals surface area contributed by atoms with E-state index in [1.807, 2.05) is 6.26 Å². The lowest BCUT2D eigenvalue weighted by Crippen LogP contribution is -2.50. The second-order valence-corrected chi connectivity index (χ2v) is 10.4. The van der Waals surface area contributed by atoms with E-state index < -0.39 is 45.8 Å². The highest BCUT2D eigenvalue weighted by Crippen LogP contribution is 2.19. The molecule has 0 aliphatic rings. The van der Waals surface area contributed by atoms with Gasteiger partial charge in [0.05, 0.1) is 18.4 Å². The van der Waals surface area contributed by atoms with Gasteiger partial charge in [0.15, 0.2) is 5.13 Å². The number of nitrogens with zero attached hydrogens (tertiary/aromatic N) is 1. The van der Waals surface area contributed by atoms with E-state index in [2.05, 4.69) is 15.0 Å². The molecule has 2 rings (SSSR count).